The number of hydrogen-bond donors (Lipinski definition) is 3. The highest BCUT2D eigenvalue weighted by atomic mass is 35.5. The van der Waals surface area contributed by atoms with Crippen molar-refractivity contribution < 1.29 is 25.7 Å². The van der Waals surface area contributed by atoms with Crippen LogP contribution in [0.4, 0.5) is 5.69 Å². The van der Waals surface area contributed by atoms with Crippen LogP contribution in [0.2, 0.25) is 10.0 Å². The SMILES string of the molecule is COc1ccc(CC2(C(=O)NC(Cc3ccc(NC(=O)c4c(Cl)cccc4Cl)cc3)C(=O)O)CCCCC2)cc1.[HH]. The number of anilines is 1. The van der Waals surface area contributed by atoms with E-state index < -0.39 is 23.3 Å². The molecule has 4 rings (SSSR count). The first kappa shape index (κ1) is 29.4. The summed E-state index contributed by atoms with van der Waals surface area (Å²) in [5.41, 5.74) is 1.74. The van der Waals surface area contributed by atoms with Gasteiger partial charge in [-0.25, -0.2) is 4.79 Å². The van der Waals surface area contributed by atoms with Gasteiger partial charge in [-0.3, -0.25) is 9.59 Å². The van der Waals surface area contributed by atoms with Crippen molar-refractivity contribution in [3.63, 3.8) is 0 Å². The molecule has 1 unspecified atom stereocenters. The van der Waals surface area contributed by atoms with Crippen molar-refractivity contribution >= 4 is 46.7 Å². The molecule has 0 radical (unpaired) electrons. The number of carbonyl (C=O) groups is 3. The van der Waals surface area contributed by atoms with Gasteiger partial charge < -0.3 is 20.5 Å². The number of rotatable bonds is 10. The van der Waals surface area contributed by atoms with Crippen LogP contribution in [-0.2, 0) is 22.4 Å². The van der Waals surface area contributed by atoms with Gasteiger partial charge in [-0.15, -0.1) is 0 Å². The first-order valence-electron chi connectivity index (χ1n) is 13.2. The van der Waals surface area contributed by atoms with E-state index in [9.17, 15) is 19.5 Å². The standard InChI is InChI=1S/C31H32Cl2N2O5.H2/c1-40-23-14-10-21(11-15-23)19-31(16-3-2-4-17-31)30(39)35-26(29(37)38)18-20-8-12-22(13-9-20)34-28(36)27-24(32)6-5-7-25(27)33;/h5-15,26H,2-4,16-19H2,1H3,(H,34,36)(H,35,39)(H,37,38);1H. The summed E-state index contributed by atoms with van der Waals surface area (Å²) in [6.07, 6.45) is 4.97. The number of methoxy groups -OCH3 is 1. The lowest BCUT2D eigenvalue weighted by Gasteiger charge is -2.37. The second-order valence-corrected chi connectivity index (χ2v) is 11.0. The highest BCUT2D eigenvalue weighted by Crippen LogP contribution is 2.40. The lowest BCUT2D eigenvalue weighted by Crippen LogP contribution is -2.51. The number of carboxylic acids is 1. The molecule has 0 aliphatic heterocycles. The van der Waals surface area contributed by atoms with Crippen LogP contribution in [0, 0.1) is 5.41 Å². The Bertz CT molecular complexity index is 1340. The fourth-order valence-electron chi connectivity index (χ4n) is 5.23. The number of hydrogen-bond acceptors (Lipinski definition) is 4. The van der Waals surface area contributed by atoms with E-state index >= 15 is 0 Å². The van der Waals surface area contributed by atoms with Crippen molar-refractivity contribution in [1.29, 1.82) is 0 Å². The molecule has 1 saturated carbocycles. The molecule has 0 saturated heterocycles. The van der Waals surface area contributed by atoms with E-state index in [4.69, 9.17) is 27.9 Å². The van der Waals surface area contributed by atoms with Gasteiger partial charge in [-0.2, -0.15) is 0 Å². The van der Waals surface area contributed by atoms with Gasteiger partial charge in [0.25, 0.3) is 5.91 Å². The van der Waals surface area contributed by atoms with Gasteiger partial charge in [0.2, 0.25) is 5.91 Å². The average Bonchev–Trinajstić information content (AvgIpc) is 2.94. The third kappa shape index (κ3) is 7.14. The molecule has 0 spiro atoms. The molecule has 0 aromatic heterocycles. The number of amides is 2. The number of carboxylic acid groups (broad SMARTS) is 1. The van der Waals surface area contributed by atoms with Gasteiger partial charge in [-0.1, -0.05) is 72.8 Å². The van der Waals surface area contributed by atoms with Crippen molar-refractivity contribution in [3.05, 3.63) is 93.5 Å². The van der Waals surface area contributed by atoms with Crippen molar-refractivity contribution in [2.75, 3.05) is 12.4 Å². The number of ether oxygens (including phenoxy) is 1. The first-order chi connectivity index (χ1) is 19.2. The van der Waals surface area contributed by atoms with Gasteiger partial charge in [-0.05, 0) is 66.8 Å². The third-order valence-corrected chi connectivity index (χ3v) is 8.07. The minimum Gasteiger partial charge on any atom is -0.497 e. The van der Waals surface area contributed by atoms with Crippen LogP contribution in [0.3, 0.4) is 0 Å². The van der Waals surface area contributed by atoms with Crippen molar-refractivity contribution in [3.8, 4) is 5.75 Å². The molecule has 1 fully saturated rings. The summed E-state index contributed by atoms with van der Waals surface area (Å²) in [4.78, 5) is 38.5. The van der Waals surface area contributed by atoms with Crippen LogP contribution in [0.1, 0.15) is 55.0 Å². The zero-order valence-corrected chi connectivity index (χ0v) is 23.7. The molecule has 7 nitrogen and oxygen atoms in total. The molecular formula is C31H34Cl2N2O5. The van der Waals surface area contributed by atoms with Gasteiger partial charge in [0.15, 0.2) is 0 Å². The molecule has 40 heavy (non-hydrogen) atoms. The number of carbonyl (C=O) groups excluding carboxylic acids is 2. The summed E-state index contributed by atoms with van der Waals surface area (Å²) in [5.74, 6) is -1.03. The molecule has 1 aliphatic rings. The maximum Gasteiger partial charge on any atom is 0.326 e. The Morgan fingerprint density at radius 2 is 1.52 bits per heavy atom. The second-order valence-electron chi connectivity index (χ2n) is 10.2. The van der Waals surface area contributed by atoms with Crippen LogP contribution in [0.15, 0.2) is 66.7 Å². The first-order valence-corrected chi connectivity index (χ1v) is 14.0. The Labute approximate surface area is 245 Å². The highest BCUT2D eigenvalue weighted by Gasteiger charge is 2.41. The molecule has 2 amide bonds. The quantitative estimate of drug-likeness (QED) is 0.243. The number of halogens is 2. The minimum atomic E-state index is -1.10. The third-order valence-electron chi connectivity index (χ3n) is 7.44. The van der Waals surface area contributed by atoms with Crippen LogP contribution >= 0.6 is 23.2 Å². The van der Waals surface area contributed by atoms with Crippen molar-refractivity contribution in [2.24, 2.45) is 5.41 Å². The van der Waals surface area contributed by atoms with Crippen molar-refractivity contribution in [1.82, 2.24) is 5.32 Å². The molecule has 3 aromatic rings. The fourth-order valence-corrected chi connectivity index (χ4v) is 5.80. The van der Waals surface area contributed by atoms with Gasteiger partial charge in [0.05, 0.1) is 28.1 Å². The van der Waals surface area contributed by atoms with Crippen LogP contribution < -0.4 is 15.4 Å². The molecule has 0 heterocycles. The normalized spacial score (nSPS) is 15.1. The van der Waals surface area contributed by atoms with E-state index in [1.807, 2.05) is 24.3 Å². The summed E-state index contributed by atoms with van der Waals surface area (Å²) in [6, 6.07) is 18.2. The fraction of sp³-hybridized carbons (Fsp3) is 0.323. The summed E-state index contributed by atoms with van der Waals surface area (Å²) in [6.45, 7) is 0. The smallest absolute Gasteiger partial charge is 0.326 e. The second kappa shape index (κ2) is 13.2. The maximum atomic E-state index is 13.6. The number of nitrogens with one attached hydrogen (secondary N) is 2. The summed E-state index contributed by atoms with van der Waals surface area (Å²) >= 11 is 12.3. The average molecular weight is 586 g/mol. The molecule has 3 N–H and O–H groups in total. The van der Waals surface area contributed by atoms with Crippen LogP contribution in [-0.4, -0.2) is 36.0 Å². The Hall–Kier alpha value is -3.55. The number of benzene rings is 3. The van der Waals surface area contributed by atoms with E-state index in [-0.39, 0.29) is 29.4 Å². The van der Waals surface area contributed by atoms with Crippen molar-refractivity contribution in [2.45, 2.75) is 51.0 Å². The van der Waals surface area contributed by atoms with Gasteiger partial charge in [0, 0.05) is 13.5 Å². The van der Waals surface area contributed by atoms with E-state index in [2.05, 4.69) is 10.6 Å². The van der Waals surface area contributed by atoms with Gasteiger partial charge >= 0.3 is 5.97 Å². The molecule has 1 aliphatic carbocycles. The molecule has 9 heteroatoms. The Morgan fingerprint density at radius 1 is 0.925 bits per heavy atom. The molecule has 212 valence electrons. The zero-order chi connectivity index (χ0) is 28.7. The topological polar surface area (TPSA) is 105 Å². The van der Waals surface area contributed by atoms with Crippen LogP contribution in [0.25, 0.3) is 0 Å². The summed E-state index contributed by atoms with van der Waals surface area (Å²) in [5, 5.41) is 16.0. The molecule has 1 atom stereocenters. The van der Waals surface area contributed by atoms with Crippen LogP contribution in [0.5, 0.6) is 5.75 Å². The zero-order valence-electron chi connectivity index (χ0n) is 22.2. The minimum absolute atomic E-state index is 0. The number of aliphatic carboxylic acids is 1. The molecular weight excluding hydrogens is 551 g/mol. The Morgan fingerprint density at radius 3 is 2.10 bits per heavy atom. The van der Waals surface area contributed by atoms with E-state index in [1.165, 1.54) is 0 Å². The Balaban J connectivity index is 0.00000462. The van der Waals surface area contributed by atoms with E-state index in [0.29, 0.717) is 30.5 Å². The monoisotopic (exact) mass is 584 g/mol. The molecule has 3 aromatic carbocycles. The predicted octanol–water partition coefficient (Wildman–Crippen LogP) is 6.81. The lowest BCUT2D eigenvalue weighted by atomic mass is 9.69. The predicted molar refractivity (Wildman–Crippen MR) is 158 cm³/mol. The largest absolute Gasteiger partial charge is 0.497 e. The molecule has 0 bridgehead atoms. The summed E-state index contributed by atoms with van der Waals surface area (Å²) in [7, 11) is 1.61. The maximum absolute atomic E-state index is 13.6. The highest BCUT2D eigenvalue weighted by molar-refractivity contribution is 6.40. The lowest BCUT2D eigenvalue weighted by molar-refractivity contribution is -0.144. The van der Waals surface area contributed by atoms with E-state index in [0.717, 1.165) is 30.6 Å². The van der Waals surface area contributed by atoms with E-state index in [1.54, 1.807) is 49.6 Å². The Kier molecular flexibility index (Phi) is 9.71. The van der Waals surface area contributed by atoms with Gasteiger partial charge in [0.1, 0.15) is 11.8 Å². The summed E-state index contributed by atoms with van der Waals surface area (Å²) < 4.78 is 5.25.